The molecule has 0 saturated carbocycles. The monoisotopic (exact) mass is 420 g/mol. The van der Waals surface area contributed by atoms with Crippen molar-refractivity contribution >= 4 is 33.1 Å². The standard InChI is InChI=1S/C20H21ClN2O4S/c1-22(28(26,27)19-8-4-17(21)5-9-19)14-20(25)23-12-10-16(11-13-23)15-2-6-18(24)7-3-15/h2-10,24H,11-14H2,1H3. The van der Waals surface area contributed by atoms with E-state index < -0.39 is 10.0 Å². The van der Waals surface area contributed by atoms with Crippen LogP contribution in [0.15, 0.2) is 59.5 Å². The molecule has 2 aromatic rings. The first-order valence-electron chi connectivity index (χ1n) is 8.75. The van der Waals surface area contributed by atoms with Crippen molar-refractivity contribution in [2.45, 2.75) is 11.3 Å². The maximum absolute atomic E-state index is 12.6. The number of carbonyl (C=O) groups is 1. The largest absolute Gasteiger partial charge is 0.508 e. The maximum atomic E-state index is 12.6. The number of hydrogen-bond acceptors (Lipinski definition) is 4. The number of aromatic hydroxyl groups is 1. The summed E-state index contributed by atoms with van der Waals surface area (Å²) in [6.45, 7) is 0.706. The quantitative estimate of drug-likeness (QED) is 0.806. The molecular formula is C20H21ClN2O4S. The van der Waals surface area contributed by atoms with Gasteiger partial charge >= 0.3 is 0 Å². The van der Waals surface area contributed by atoms with E-state index in [1.54, 1.807) is 17.0 Å². The number of hydrogen-bond donors (Lipinski definition) is 1. The van der Waals surface area contributed by atoms with E-state index in [2.05, 4.69) is 0 Å². The third-order valence-corrected chi connectivity index (χ3v) is 6.75. The molecule has 0 fully saturated rings. The number of rotatable bonds is 5. The summed E-state index contributed by atoms with van der Waals surface area (Å²) in [5.41, 5.74) is 2.11. The summed E-state index contributed by atoms with van der Waals surface area (Å²) in [5.74, 6) is -0.0389. The van der Waals surface area contributed by atoms with Gasteiger partial charge in [0.2, 0.25) is 15.9 Å². The molecule has 0 saturated heterocycles. The van der Waals surface area contributed by atoms with Gasteiger partial charge in [0, 0.05) is 25.2 Å². The highest BCUT2D eigenvalue weighted by molar-refractivity contribution is 7.89. The van der Waals surface area contributed by atoms with Crippen molar-refractivity contribution in [3.63, 3.8) is 0 Å². The number of carbonyl (C=O) groups excluding carboxylic acids is 1. The molecule has 0 bridgehead atoms. The molecule has 1 amide bonds. The summed E-state index contributed by atoms with van der Waals surface area (Å²) >= 11 is 5.80. The number of sulfonamides is 1. The van der Waals surface area contributed by atoms with Gasteiger partial charge in [-0.15, -0.1) is 0 Å². The van der Waals surface area contributed by atoms with Crippen molar-refractivity contribution < 1.29 is 18.3 Å². The van der Waals surface area contributed by atoms with Crippen molar-refractivity contribution in [2.75, 3.05) is 26.7 Å². The molecule has 1 aliphatic rings. The van der Waals surface area contributed by atoms with Gasteiger partial charge in [-0.25, -0.2) is 8.42 Å². The van der Waals surface area contributed by atoms with Crippen LogP contribution >= 0.6 is 11.6 Å². The van der Waals surface area contributed by atoms with Crippen LogP contribution in [0.2, 0.25) is 5.02 Å². The predicted molar refractivity (Wildman–Crippen MR) is 109 cm³/mol. The van der Waals surface area contributed by atoms with Crippen LogP contribution in [-0.2, 0) is 14.8 Å². The van der Waals surface area contributed by atoms with E-state index >= 15 is 0 Å². The Labute approximate surface area is 169 Å². The van der Waals surface area contributed by atoms with Crippen LogP contribution < -0.4 is 0 Å². The summed E-state index contributed by atoms with van der Waals surface area (Å²) in [6, 6.07) is 12.8. The van der Waals surface area contributed by atoms with Gasteiger partial charge in [-0.1, -0.05) is 29.8 Å². The molecule has 3 rings (SSSR count). The molecule has 0 spiro atoms. The summed E-state index contributed by atoms with van der Waals surface area (Å²) in [6.07, 6.45) is 2.63. The molecule has 2 aromatic carbocycles. The van der Waals surface area contributed by atoms with Crippen molar-refractivity contribution in [3.05, 3.63) is 65.2 Å². The SMILES string of the molecule is CN(CC(=O)N1CC=C(c2ccc(O)cc2)CC1)S(=O)(=O)c1ccc(Cl)cc1. The van der Waals surface area contributed by atoms with Gasteiger partial charge in [0.1, 0.15) is 5.75 Å². The van der Waals surface area contributed by atoms with Gasteiger partial charge in [0.05, 0.1) is 11.4 Å². The van der Waals surface area contributed by atoms with Gasteiger partial charge in [-0.2, -0.15) is 4.31 Å². The smallest absolute Gasteiger partial charge is 0.243 e. The zero-order chi connectivity index (χ0) is 20.3. The summed E-state index contributed by atoms with van der Waals surface area (Å²) in [7, 11) is -2.37. The lowest BCUT2D eigenvalue weighted by atomic mass is 9.99. The fourth-order valence-corrected chi connectivity index (χ4v) is 4.24. The van der Waals surface area contributed by atoms with E-state index in [1.807, 2.05) is 18.2 Å². The lowest BCUT2D eigenvalue weighted by Crippen LogP contribution is -2.42. The van der Waals surface area contributed by atoms with Crippen LogP contribution in [0.4, 0.5) is 0 Å². The van der Waals surface area contributed by atoms with Crippen LogP contribution in [0, 0.1) is 0 Å². The van der Waals surface area contributed by atoms with Crippen LogP contribution in [0.5, 0.6) is 5.75 Å². The highest BCUT2D eigenvalue weighted by Crippen LogP contribution is 2.24. The highest BCUT2D eigenvalue weighted by Gasteiger charge is 2.26. The predicted octanol–water partition coefficient (Wildman–Crippen LogP) is 2.98. The topological polar surface area (TPSA) is 77.9 Å². The number of phenols is 1. The van der Waals surface area contributed by atoms with Crippen molar-refractivity contribution in [1.82, 2.24) is 9.21 Å². The molecule has 0 aromatic heterocycles. The van der Waals surface area contributed by atoms with Crippen molar-refractivity contribution in [3.8, 4) is 5.75 Å². The Morgan fingerprint density at radius 2 is 1.79 bits per heavy atom. The first-order valence-corrected chi connectivity index (χ1v) is 10.6. The molecule has 0 radical (unpaired) electrons. The average molecular weight is 421 g/mol. The van der Waals surface area contributed by atoms with E-state index in [0.29, 0.717) is 24.5 Å². The minimum Gasteiger partial charge on any atom is -0.508 e. The molecule has 0 aliphatic carbocycles. The van der Waals surface area contributed by atoms with E-state index in [4.69, 9.17) is 11.6 Å². The number of halogens is 1. The number of phenolic OH excluding ortho intramolecular Hbond substituents is 1. The number of likely N-dealkylation sites (N-methyl/N-ethyl adjacent to an activating group) is 1. The maximum Gasteiger partial charge on any atom is 0.243 e. The van der Waals surface area contributed by atoms with Crippen LogP contribution in [0.1, 0.15) is 12.0 Å². The molecule has 1 aliphatic heterocycles. The fourth-order valence-electron chi connectivity index (χ4n) is 3.00. The molecule has 1 heterocycles. The number of benzene rings is 2. The lowest BCUT2D eigenvalue weighted by Gasteiger charge is -2.28. The number of nitrogens with zero attached hydrogens (tertiary/aromatic N) is 2. The van der Waals surface area contributed by atoms with Crippen LogP contribution in [0.3, 0.4) is 0 Å². The number of amides is 1. The fraction of sp³-hybridized carbons (Fsp3) is 0.250. The van der Waals surface area contributed by atoms with E-state index in [9.17, 15) is 18.3 Å². The Bertz CT molecular complexity index is 986. The van der Waals surface area contributed by atoms with Crippen molar-refractivity contribution in [2.24, 2.45) is 0 Å². The minimum atomic E-state index is -3.76. The summed E-state index contributed by atoms with van der Waals surface area (Å²) < 4.78 is 26.3. The minimum absolute atomic E-state index is 0.0976. The zero-order valence-electron chi connectivity index (χ0n) is 15.4. The average Bonchev–Trinajstić information content (AvgIpc) is 2.69. The normalized spacial score (nSPS) is 14.8. The molecule has 28 heavy (non-hydrogen) atoms. The molecule has 148 valence electrons. The van der Waals surface area contributed by atoms with E-state index in [-0.39, 0.29) is 23.1 Å². The summed E-state index contributed by atoms with van der Waals surface area (Å²) in [5, 5.41) is 9.83. The van der Waals surface area contributed by atoms with Gasteiger partial charge in [0.15, 0.2) is 0 Å². The van der Waals surface area contributed by atoms with E-state index in [1.165, 1.54) is 31.3 Å². The molecule has 6 nitrogen and oxygen atoms in total. The second-order valence-electron chi connectivity index (χ2n) is 6.58. The van der Waals surface area contributed by atoms with Gasteiger partial charge in [0.25, 0.3) is 0 Å². The van der Waals surface area contributed by atoms with E-state index in [0.717, 1.165) is 15.4 Å². The molecular weight excluding hydrogens is 400 g/mol. The first kappa shape index (κ1) is 20.4. The Morgan fingerprint density at radius 3 is 2.36 bits per heavy atom. The molecule has 8 heteroatoms. The van der Waals surface area contributed by atoms with Gasteiger partial charge in [-0.05, 0) is 54.0 Å². The zero-order valence-corrected chi connectivity index (χ0v) is 16.9. The van der Waals surface area contributed by atoms with Crippen LogP contribution in [0.25, 0.3) is 5.57 Å². The third kappa shape index (κ3) is 4.55. The first-order chi connectivity index (χ1) is 13.3. The summed E-state index contributed by atoms with van der Waals surface area (Å²) in [4.78, 5) is 14.3. The Balaban J connectivity index is 1.63. The lowest BCUT2D eigenvalue weighted by molar-refractivity contribution is -0.130. The molecule has 0 atom stereocenters. The van der Waals surface area contributed by atoms with Gasteiger partial charge < -0.3 is 10.0 Å². The highest BCUT2D eigenvalue weighted by atomic mass is 35.5. The Kier molecular flexibility index (Phi) is 6.07. The second kappa shape index (κ2) is 8.34. The van der Waals surface area contributed by atoms with Crippen molar-refractivity contribution in [1.29, 1.82) is 0 Å². The second-order valence-corrected chi connectivity index (χ2v) is 9.06. The van der Waals surface area contributed by atoms with Crippen LogP contribution in [-0.4, -0.2) is 55.3 Å². The van der Waals surface area contributed by atoms with Gasteiger partial charge in [-0.3, -0.25) is 4.79 Å². The third-order valence-electron chi connectivity index (χ3n) is 4.68. The molecule has 0 unspecified atom stereocenters. The Morgan fingerprint density at radius 1 is 1.14 bits per heavy atom. The Hall–Kier alpha value is -2.35. The molecule has 1 N–H and O–H groups in total.